The molecule has 0 heterocycles. The van der Waals surface area contributed by atoms with Crippen LogP contribution in [-0.4, -0.2) is 24.0 Å². The van der Waals surface area contributed by atoms with E-state index in [0.29, 0.717) is 16.8 Å². The number of fused-ring (bicyclic) bond motifs is 1. The number of hydrazone groups is 1. The van der Waals surface area contributed by atoms with Crippen LogP contribution in [0.4, 0.5) is 5.69 Å². The monoisotopic (exact) mass is 465 g/mol. The Hall–Kier alpha value is -4.78. The van der Waals surface area contributed by atoms with Gasteiger partial charge in [0.2, 0.25) is 0 Å². The topological polar surface area (TPSA) is 96.9 Å². The van der Waals surface area contributed by atoms with E-state index >= 15 is 0 Å². The highest BCUT2D eigenvalue weighted by atomic mass is 16.5. The standard InChI is InChI=1S/C28H23N3O4/c1-18-8-7-11-21(16-18)28(34)35-25-15-14-20-10-4-5-12-22(20)23(25)17-29-31-27(33)26(32)30-24-13-6-3-9-19(24)2/h3-17H,1-2H3,(H,30,32)(H,31,33)/b29-17-. The molecule has 0 saturated carbocycles. The summed E-state index contributed by atoms with van der Waals surface area (Å²) in [5.41, 5.74) is 5.44. The molecule has 0 fully saturated rings. The molecule has 2 N–H and O–H groups in total. The van der Waals surface area contributed by atoms with E-state index < -0.39 is 17.8 Å². The van der Waals surface area contributed by atoms with Crippen molar-refractivity contribution < 1.29 is 19.1 Å². The molecular weight excluding hydrogens is 442 g/mol. The summed E-state index contributed by atoms with van der Waals surface area (Å²) in [7, 11) is 0. The summed E-state index contributed by atoms with van der Waals surface area (Å²) in [6.45, 7) is 3.72. The summed E-state index contributed by atoms with van der Waals surface area (Å²) in [6.07, 6.45) is 1.36. The number of hydrogen-bond acceptors (Lipinski definition) is 5. The van der Waals surface area contributed by atoms with Crippen molar-refractivity contribution in [2.45, 2.75) is 13.8 Å². The largest absolute Gasteiger partial charge is 0.422 e. The van der Waals surface area contributed by atoms with Gasteiger partial charge in [-0.3, -0.25) is 9.59 Å². The molecule has 7 heteroatoms. The number of hydrogen-bond donors (Lipinski definition) is 2. The van der Waals surface area contributed by atoms with E-state index in [1.165, 1.54) is 6.21 Å². The number of aryl methyl sites for hydroxylation is 2. The quantitative estimate of drug-likeness (QED) is 0.146. The number of amides is 2. The summed E-state index contributed by atoms with van der Waals surface area (Å²) in [5.74, 6) is -2.01. The van der Waals surface area contributed by atoms with Crippen LogP contribution in [0.25, 0.3) is 10.8 Å². The Morgan fingerprint density at radius 2 is 1.60 bits per heavy atom. The van der Waals surface area contributed by atoms with E-state index in [-0.39, 0.29) is 5.75 Å². The molecule has 174 valence electrons. The van der Waals surface area contributed by atoms with Gasteiger partial charge in [0.05, 0.1) is 11.8 Å². The molecule has 0 aliphatic rings. The minimum absolute atomic E-state index is 0.276. The molecule has 0 spiro atoms. The lowest BCUT2D eigenvalue weighted by Crippen LogP contribution is -2.32. The van der Waals surface area contributed by atoms with E-state index in [9.17, 15) is 14.4 Å². The predicted octanol–water partition coefficient (Wildman–Crippen LogP) is 4.76. The minimum Gasteiger partial charge on any atom is -0.422 e. The zero-order chi connectivity index (χ0) is 24.8. The second-order valence-electron chi connectivity index (χ2n) is 7.93. The van der Waals surface area contributed by atoms with Gasteiger partial charge >= 0.3 is 17.8 Å². The van der Waals surface area contributed by atoms with E-state index in [0.717, 1.165) is 21.9 Å². The average molecular weight is 466 g/mol. The van der Waals surface area contributed by atoms with E-state index in [2.05, 4.69) is 15.8 Å². The minimum atomic E-state index is -0.928. The Balaban J connectivity index is 1.55. The van der Waals surface area contributed by atoms with Crippen molar-refractivity contribution >= 4 is 40.5 Å². The van der Waals surface area contributed by atoms with Gasteiger partial charge in [-0.15, -0.1) is 0 Å². The maximum absolute atomic E-state index is 12.7. The molecule has 4 aromatic carbocycles. The van der Waals surface area contributed by atoms with E-state index in [1.54, 1.807) is 36.4 Å². The zero-order valence-electron chi connectivity index (χ0n) is 19.2. The molecule has 4 rings (SSSR count). The summed E-state index contributed by atoms with van der Waals surface area (Å²) < 4.78 is 5.67. The number of carbonyl (C=O) groups excluding carboxylic acids is 3. The number of para-hydroxylation sites is 1. The number of benzene rings is 4. The Morgan fingerprint density at radius 3 is 2.40 bits per heavy atom. The Bertz CT molecular complexity index is 1460. The Labute approximate surface area is 202 Å². The van der Waals surface area contributed by atoms with Gasteiger partial charge in [0.25, 0.3) is 0 Å². The molecule has 0 atom stereocenters. The molecule has 0 unspecified atom stereocenters. The van der Waals surface area contributed by atoms with Crippen molar-refractivity contribution in [2.75, 3.05) is 5.32 Å². The molecule has 4 aromatic rings. The van der Waals surface area contributed by atoms with Gasteiger partial charge in [-0.25, -0.2) is 10.2 Å². The normalized spacial score (nSPS) is 10.8. The van der Waals surface area contributed by atoms with Crippen LogP contribution < -0.4 is 15.5 Å². The highest BCUT2D eigenvalue weighted by Gasteiger charge is 2.16. The summed E-state index contributed by atoms with van der Waals surface area (Å²) in [4.78, 5) is 37.3. The van der Waals surface area contributed by atoms with Gasteiger partial charge in [0.1, 0.15) is 5.75 Å². The molecular formula is C28H23N3O4. The van der Waals surface area contributed by atoms with Crippen molar-refractivity contribution in [1.82, 2.24) is 5.43 Å². The van der Waals surface area contributed by atoms with Crippen molar-refractivity contribution in [3.8, 4) is 5.75 Å². The number of rotatable bonds is 5. The first-order valence-electron chi connectivity index (χ1n) is 10.9. The molecule has 0 saturated heterocycles. The predicted molar refractivity (Wildman–Crippen MR) is 136 cm³/mol. The van der Waals surface area contributed by atoms with Crippen molar-refractivity contribution in [1.29, 1.82) is 0 Å². The number of anilines is 1. The fourth-order valence-electron chi connectivity index (χ4n) is 3.53. The first kappa shape index (κ1) is 23.4. The number of nitrogens with one attached hydrogen (secondary N) is 2. The fraction of sp³-hybridized carbons (Fsp3) is 0.0714. The molecule has 0 aliphatic carbocycles. The second-order valence-corrected chi connectivity index (χ2v) is 7.93. The van der Waals surface area contributed by atoms with E-state index in [4.69, 9.17) is 4.74 Å². The molecule has 0 radical (unpaired) electrons. The fourth-order valence-corrected chi connectivity index (χ4v) is 3.53. The molecule has 2 amide bonds. The third-order valence-electron chi connectivity index (χ3n) is 5.35. The SMILES string of the molecule is Cc1cccc(C(=O)Oc2ccc3ccccc3c2/C=N\NC(=O)C(=O)Nc2ccccc2C)c1. The summed E-state index contributed by atoms with van der Waals surface area (Å²) in [5, 5.41) is 8.17. The van der Waals surface area contributed by atoms with Gasteiger partial charge < -0.3 is 10.1 Å². The zero-order valence-corrected chi connectivity index (χ0v) is 19.2. The number of carbonyl (C=O) groups is 3. The van der Waals surface area contributed by atoms with Crippen molar-refractivity contribution in [3.63, 3.8) is 0 Å². The molecule has 0 bridgehead atoms. The van der Waals surface area contributed by atoms with Gasteiger partial charge in [-0.2, -0.15) is 5.10 Å². The van der Waals surface area contributed by atoms with Crippen LogP contribution in [0.1, 0.15) is 27.0 Å². The van der Waals surface area contributed by atoms with Gasteiger partial charge in [0.15, 0.2) is 0 Å². The third-order valence-corrected chi connectivity index (χ3v) is 5.35. The lowest BCUT2D eigenvalue weighted by atomic mass is 10.0. The van der Waals surface area contributed by atoms with Gasteiger partial charge in [-0.1, -0.05) is 66.2 Å². The lowest BCUT2D eigenvalue weighted by Gasteiger charge is -2.11. The summed E-state index contributed by atoms with van der Waals surface area (Å²) >= 11 is 0. The van der Waals surface area contributed by atoms with E-state index in [1.807, 2.05) is 62.4 Å². The van der Waals surface area contributed by atoms with Gasteiger partial charge in [-0.05, 0) is 54.4 Å². The van der Waals surface area contributed by atoms with Crippen LogP contribution in [0.5, 0.6) is 5.75 Å². The van der Waals surface area contributed by atoms with Crippen LogP contribution in [-0.2, 0) is 9.59 Å². The lowest BCUT2D eigenvalue weighted by molar-refractivity contribution is -0.136. The maximum Gasteiger partial charge on any atom is 0.343 e. The molecule has 0 aliphatic heterocycles. The van der Waals surface area contributed by atoms with Crippen LogP contribution in [0, 0.1) is 13.8 Å². The number of esters is 1. The highest BCUT2D eigenvalue weighted by Crippen LogP contribution is 2.27. The second kappa shape index (κ2) is 10.4. The smallest absolute Gasteiger partial charge is 0.343 e. The number of ether oxygens (including phenoxy) is 1. The third kappa shape index (κ3) is 5.59. The van der Waals surface area contributed by atoms with Crippen LogP contribution in [0.15, 0.2) is 90.0 Å². The van der Waals surface area contributed by atoms with Crippen molar-refractivity contribution in [3.05, 3.63) is 107 Å². The van der Waals surface area contributed by atoms with Crippen LogP contribution in [0.3, 0.4) is 0 Å². The number of nitrogens with zero attached hydrogens (tertiary/aromatic N) is 1. The molecule has 7 nitrogen and oxygen atoms in total. The van der Waals surface area contributed by atoms with Crippen molar-refractivity contribution in [2.24, 2.45) is 5.10 Å². The Morgan fingerprint density at radius 1 is 0.829 bits per heavy atom. The Kier molecular flexibility index (Phi) is 6.97. The van der Waals surface area contributed by atoms with Crippen LogP contribution in [0.2, 0.25) is 0 Å². The molecule has 35 heavy (non-hydrogen) atoms. The average Bonchev–Trinajstić information content (AvgIpc) is 2.86. The maximum atomic E-state index is 12.7. The summed E-state index contributed by atoms with van der Waals surface area (Å²) in [6, 6.07) is 25.2. The van der Waals surface area contributed by atoms with Crippen LogP contribution >= 0.6 is 0 Å². The first-order chi connectivity index (χ1) is 16.9. The highest BCUT2D eigenvalue weighted by molar-refractivity contribution is 6.39. The first-order valence-corrected chi connectivity index (χ1v) is 10.9. The molecule has 0 aromatic heterocycles. The van der Waals surface area contributed by atoms with Gasteiger partial charge in [0, 0.05) is 11.3 Å².